The zero-order chi connectivity index (χ0) is 15.2. The first kappa shape index (κ1) is 14.7. The lowest BCUT2D eigenvalue weighted by Gasteiger charge is -2.08. The average Bonchev–Trinajstić information content (AvgIpc) is 2.52. The highest BCUT2D eigenvalue weighted by Gasteiger charge is 2.18. The zero-order valence-corrected chi connectivity index (χ0v) is 11.6. The van der Waals surface area contributed by atoms with Crippen molar-refractivity contribution in [3.8, 4) is 5.75 Å². The number of ether oxygens (including phenoxy) is 1. The molecule has 0 aliphatic heterocycles. The van der Waals surface area contributed by atoms with Crippen LogP contribution in [0.25, 0.3) is 0 Å². The third-order valence-electron chi connectivity index (χ3n) is 3.04. The van der Waals surface area contributed by atoms with E-state index in [1.807, 2.05) is 30.3 Å². The van der Waals surface area contributed by atoms with Crippen LogP contribution in [0.2, 0.25) is 0 Å². The minimum absolute atomic E-state index is 0.132. The number of hydrogen-bond donors (Lipinski definition) is 0. The minimum atomic E-state index is -0.535. The normalized spacial score (nSPS) is 10.1. The molecule has 2 aromatic rings. The molecule has 0 aliphatic rings. The highest BCUT2D eigenvalue weighted by molar-refractivity contribution is 5.96. The van der Waals surface area contributed by atoms with E-state index in [0.717, 1.165) is 5.56 Å². The summed E-state index contributed by atoms with van der Waals surface area (Å²) in [6.07, 6.45) is 0.307. The van der Waals surface area contributed by atoms with Gasteiger partial charge in [0, 0.05) is 18.1 Å². The Kier molecular flexibility index (Phi) is 4.66. The Morgan fingerprint density at radius 1 is 1.19 bits per heavy atom. The molecule has 0 radical (unpaired) electrons. The third kappa shape index (κ3) is 3.66. The highest BCUT2D eigenvalue weighted by Crippen LogP contribution is 2.29. The number of carbonyl (C=O) groups excluding carboxylic acids is 1. The Morgan fingerprint density at radius 2 is 1.90 bits per heavy atom. The molecule has 0 spiro atoms. The first-order valence-corrected chi connectivity index (χ1v) is 6.60. The van der Waals surface area contributed by atoms with E-state index in [4.69, 9.17) is 4.74 Å². The molecular weight excluding hydrogens is 270 g/mol. The van der Waals surface area contributed by atoms with E-state index in [-0.39, 0.29) is 23.8 Å². The van der Waals surface area contributed by atoms with Crippen LogP contribution in [-0.4, -0.2) is 10.7 Å². The summed E-state index contributed by atoms with van der Waals surface area (Å²) in [4.78, 5) is 22.2. The first-order valence-electron chi connectivity index (χ1n) is 6.60. The van der Waals surface area contributed by atoms with Gasteiger partial charge in [-0.2, -0.15) is 0 Å². The summed E-state index contributed by atoms with van der Waals surface area (Å²) in [5.41, 5.74) is 1.06. The maximum absolute atomic E-state index is 11.6. The van der Waals surface area contributed by atoms with Crippen LogP contribution in [-0.2, 0) is 6.61 Å². The zero-order valence-electron chi connectivity index (χ0n) is 11.6. The van der Waals surface area contributed by atoms with Crippen molar-refractivity contribution in [1.82, 2.24) is 0 Å². The molecule has 0 unspecified atom stereocenters. The number of nitro benzene ring substituents is 1. The number of ketones is 1. The molecule has 0 saturated heterocycles. The van der Waals surface area contributed by atoms with Gasteiger partial charge in [-0.05, 0) is 17.7 Å². The van der Waals surface area contributed by atoms with Gasteiger partial charge in [0.05, 0.1) is 4.92 Å². The van der Waals surface area contributed by atoms with Crippen molar-refractivity contribution in [2.45, 2.75) is 20.0 Å². The molecule has 0 amide bonds. The number of Topliss-reactive ketones (excluding diaryl/α,β-unsaturated/α-hetero) is 1. The summed E-state index contributed by atoms with van der Waals surface area (Å²) in [6.45, 7) is 1.96. The summed E-state index contributed by atoms with van der Waals surface area (Å²) in [5, 5.41) is 11.1. The van der Waals surface area contributed by atoms with E-state index < -0.39 is 4.92 Å². The lowest BCUT2D eigenvalue weighted by molar-refractivity contribution is -0.386. The Hall–Kier alpha value is -2.69. The molecule has 0 saturated carbocycles. The standard InChI is InChI=1S/C16H15NO4/c1-2-15(18)13-8-9-16(14(10-13)17(19)20)21-11-12-6-4-3-5-7-12/h3-10H,2,11H2,1H3. The molecule has 0 aliphatic carbocycles. The molecule has 0 heterocycles. The number of hydrogen-bond acceptors (Lipinski definition) is 4. The van der Waals surface area contributed by atoms with Crippen LogP contribution in [0.3, 0.4) is 0 Å². The molecule has 2 aromatic carbocycles. The van der Waals surface area contributed by atoms with Crippen LogP contribution in [0.1, 0.15) is 29.3 Å². The molecule has 0 fully saturated rings. The van der Waals surface area contributed by atoms with E-state index in [9.17, 15) is 14.9 Å². The van der Waals surface area contributed by atoms with Gasteiger partial charge in [0.1, 0.15) is 6.61 Å². The summed E-state index contributed by atoms with van der Waals surface area (Å²) in [5.74, 6) is 0.0317. The average molecular weight is 285 g/mol. The second-order valence-corrected chi connectivity index (χ2v) is 4.49. The molecule has 0 N–H and O–H groups in total. The topological polar surface area (TPSA) is 69.4 Å². The summed E-state index contributed by atoms with van der Waals surface area (Å²) >= 11 is 0. The smallest absolute Gasteiger partial charge is 0.311 e. The fourth-order valence-corrected chi connectivity index (χ4v) is 1.89. The van der Waals surface area contributed by atoms with E-state index in [2.05, 4.69) is 0 Å². The van der Waals surface area contributed by atoms with Gasteiger partial charge in [-0.1, -0.05) is 37.3 Å². The molecule has 21 heavy (non-hydrogen) atoms. The molecule has 108 valence electrons. The van der Waals surface area contributed by atoms with Gasteiger partial charge in [-0.25, -0.2) is 0 Å². The van der Waals surface area contributed by atoms with E-state index in [1.165, 1.54) is 12.1 Å². The monoisotopic (exact) mass is 285 g/mol. The van der Waals surface area contributed by atoms with Gasteiger partial charge in [0.25, 0.3) is 0 Å². The Labute approximate surface area is 122 Å². The van der Waals surface area contributed by atoms with Crippen molar-refractivity contribution in [2.24, 2.45) is 0 Å². The second-order valence-electron chi connectivity index (χ2n) is 4.49. The van der Waals surface area contributed by atoms with Gasteiger partial charge >= 0.3 is 5.69 Å². The Balaban J connectivity index is 2.22. The largest absolute Gasteiger partial charge is 0.482 e. The Morgan fingerprint density at radius 3 is 2.52 bits per heavy atom. The van der Waals surface area contributed by atoms with E-state index in [1.54, 1.807) is 13.0 Å². The van der Waals surface area contributed by atoms with Gasteiger partial charge in [0.2, 0.25) is 0 Å². The minimum Gasteiger partial charge on any atom is -0.482 e. The van der Waals surface area contributed by atoms with Crippen LogP contribution in [0.4, 0.5) is 5.69 Å². The maximum Gasteiger partial charge on any atom is 0.311 e. The molecule has 5 nitrogen and oxygen atoms in total. The summed E-state index contributed by atoms with van der Waals surface area (Å²) in [7, 11) is 0. The lowest BCUT2D eigenvalue weighted by Crippen LogP contribution is -2.02. The van der Waals surface area contributed by atoms with Gasteiger partial charge in [-0.15, -0.1) is 0 Å². The fraction of sp³-hybridized carbons (Fsp3) is 0.188. The van der Waals surface area contributed by atoms with Crippen molar-refractivity contribution >= 4 is 11.5 Å². The third-order valence-corrected chi connectivity index (χ3v) is 3.04. The van der Waals surface area contributed by atoms with Crippen LogP contribution in [0.5, 0.6) is 5.75 Å². The molecular formula is C16H15NO4. The number of nitrogens with zero attached hydrogens (tertiary/aromatic N) is 1. The predicted octanol–water partition coefficient (Wildman–Crippen LogP) is 3.77. The van der Waals surface area contributed by atoms with Crippen molar-refractivity contribution in [1.29, 1.82) is 0 Å². The molecule has 5 heteroatoms. The van der Waals surface area contributed by atoms with Crippen LogP contribution in [0.15, 0.2) is 48.5 Å². The number of rotatable bonds is 6. The van der Waals surface area contributed by atoms with Crippen LogP contribution in [0, 0.1) is 10.1 Å². The lowest BCUT2D eigenvalue weighted by atomic mass is 10.1. The van der Waals surface area contributed by atoms with Crippen molar-refractivity contribution < 1.29 is 14.5 Å². The molecule has 2 rings (SSSR count). The fourth-order valence-electron chi connectivity index (χ4n) is 1.89. The van der Waals surface area contributed by atoms with Crippen molar-refractivity contribution in [2.75, 3.05) is 0 Å². The van der Waals surface area contributed by atoms with Crippen LogP contribution < -0.4 is 4.74 Å². The highest BCUT2D eigenvalue weighted by atomic mass is 16.6. The summed E-state index contributed by atoms with van der Waals surface area (Å²) < 4.78 is 5.50. The summed E-state index contributed by atoms with van der Waals surface area (Å²) in [6, 6.07) is 13.7. The molecule has 0 bridgehead atoms. The Bertz CT molecular complexity index is 653. The molecule has 0 aromatic heterocycles. The van der Waals surface area contributed by atoms with E-state index >= 15 is 0 Å². The quantitative estimate of drug-likeness (QED) is 0.460. The van der Waals surface area contributed by atoms with Crippen molar-refractivity contribution in [3.05, 3.63) is 69.8 Å². The van der Waals surface area contributed by atoms with Crippen LogP contribution >= 0.6 is 0 Å². The van der Waals surface area contributed by atoms with E-state index in [0.29, 0.717) is 12.0 Å². The first-order chi connectivity index (χ1) is 10.1. The SMILES string of the molecule is CCC(=O)c1ccc(OCc2ccccc2)c([N+](=O)[O-])c1. The number of nitro groups is 1. The van der Waals surface area contributed by atoms with Crippen molar-refractivity contribution in [3.63, 3.8) is 0 Å². The van der Waals surface area contributed by atoms with Gasteiger partial charge < -0.3 is 4.74 Å². The van der Waals surface area contributed by atoms with Gasteiger partial charge in [-0.3, -0.25) is 14.9 Å². The van der Waals surface area contributed by atoms with Gasteiger partial charge in [0.15, 0.2) is 11.5 Å². The maximum atomic E-state index is 11.6. The number of benzene rings is 2. The predicted molar refractivity (Wildman–Crippen MR) is 78.5 cm³/mol. The molecule has 0 atom stereocenters. The second kappa shape index (κ2) is 6.65. The number of carbonyl (C=O) groups is 1.